The Labute approximate surface area is 115 Å². The van der Waals surface area contributed by atoms with E-state index in [1.54, 1.807) is 24.3 Å². The fraction of sp³-hybridized carbons (Fsp3) is 0. The molecule has 20 heavy (non-hydrogen) atoms. The molecule has 0 radical (unpaired) electrons. The van der Waals surface area contributed by atoms with E-state index in [0.29, 0.717) is 10.9 Å². The van der Waals surface area contributed by atoms with Crippen molar-refractivity contribution in [3.63, 3.8) is 0 Å². The Hall–Kier alpha value is -2.65. The summed E-state index contributed by atoms with van der Waals surface area (Å²) < 4.78 is 26.3. The predicted octanol–water partition coefficient (Wildman–Crippen LogP) is 2.14. The standard InChI is InChI=1S/C14H9N3O2S/c15-8-12-10-16-9-11-6-7-17(14(11)12)20(18,19)13-4-2-1-3-5-13/h1-7,9-10H. The van der Waals surface area contributed by atoms with Gasteiger partial charge >= 0.3 is 0 Å². The van der Waals surface area contributed by atoms with Crippen LogP contribution in [0.1, 0.15) is 5.56 Å². The Morgan fingerprint density at radius 2 is 1.85 bits per heavy atom. The van der Waals surface area contributed by atoms with Crippen LogP contribution < -0.4 is 0 Å². The van der Waals surface area contributed by atoms with Gasteiger partial charge in [0.05, 0.1) is 16.0 Å². The molecule has 0 atom stereocenters. The van der Waals surface area contributed by atoms with Gasteiger partial charge in [0.25, 0.3) is 10.0 Å². The van der Waals surface area contributed by atoms with E-state index in [4.69, 9.17) is 5.26 Å². The molecule has 0 aliphatic carbocycles. The Balaban J connectivity index is 2.34. The zero-order chi connectivity index (χ0) is 14.2. The quantitative estimate of drug-likeness (QED) is 0.722. The van der Waals surface area contributed by atoms with E-state index < -0.39 is 10.0 Å². The number of fused-ring (bicyclic) bond motifs is 1. The topological polar surface area (TPSA) is 75.8 Å². The van der Waals surface area contributed by atoms with Gasteiger partial charge in [0, 0.05) is 24.0 Å². The Morgan fingerprint density at radius 3 is 2.55 bits per heavy atom. The van der Waals surface area contributed by atoms with E-state index in [9.17, 15) is 8.42 Å². The minimum absolute atomic E-state index is 0.179. The third kappa shape index (κ3) is 1.76. The Bertz CT molecular complexity index is 922. The first kappa shape index (κ1) is 12.4. The average Bonchev–Trinajstić information content (AvgIpc) is 2.92. The lowest BCUT2D eigenvalue weighted by Crippen LogP contribution is -2.12. The summed E-state index contributed by atoms with van der Waals surface area (Å²) in [5.74, 6) is 0. The van der Waals surface area contributed by atoms with Gasteiger partial charge in [-0.1, -0.05) is 18.2 Å². The maximum absolute atomic E-state index is 12.6. The first-order chi connectivity index (χ1) is 9.64. The van der Waals surface area contributed by atoms with E-state index >= 15 is 0 Å². The summed E-state index contributed by atoms with van der Waals surface area (Å²) in [6, 6.07) is 11.7. The highest BCUT2D eigenvalue weighted by molar-refractivity contribution is 7.90. The van der Waals surface area contributed by atoms with Crippen molar-refractivity contribution in [3.05, 3.63) is 60.6 Å². The number of benzene rings is 1. The molecular weight excluding hydrogens is 274 g/mol. The highest BCUT2D eigenvalue weighted by atomic mass is 32.2. The maximum Gasteiger partial charge on any atom is 0.268 e. The minimum Gasteiger partial charge on any atom is -0.263 e. The number of nitrogens with zero attached hydrogens (tertiary/aromatic N) is 3. The highest BCUT2D eigenvalue weighted by Gasteiger charge is 2.20. The van der Waals surface area contributed by atoms with Crippen LogP contribution in [0.3, 0.4) is 0 Å². The van der Waals surface area contributed by atoms with E-state index in [1.165, 1.54) is 30.7 Å². The van der Waals surface area contributed by atoms with Crippen LogP contribution in [0.25, 0.3) is 10.9 Å². The smallest absolute Gasteiger partial charge is 0.263 e. The first-order valence-electron chi connectivity index (χ1n) is 5.80. The lowest BCUT2D eigenvalue weighted by Gasteiger charge is -2.08. The highest BCUT2D eigenvalue weighted by Crippen LogP contribution is 2.23. The first-order valence-corrected chi connectivity index (χ1v) is 7.24. The summed E-state index contributed by atoms with van der Waals surface area (Å²) in [4.78, 5) is 4.10. The van der Waals surface area contributed by atoms with Crippen molar-refractivity contribution >= 4 is 20.9 Å². The molecule has 0 saturated heterocycles. The monoisotopic (exact) mass is 283 g/mol. The molecule has 2 heterocycles. The van der Waals surface area contributed by atoms with Crippen molar-refractivity contribution in [1.82, 2.24) is 8.96 Å². The third-order valence-corrected chi connectivity index (χ3v) is 4.67. The summed E-state index contributed by atoms with van der Waals surface area (Å²) in [6.45, 7) is 0. The molecule has 3 aromatic rings. The van der Waals surface area contributed by atoms with Crippen LogP contribution in [-0.2, 0) is 10.0 Å². The second kappa shape index (κ2) is 4.47. The molecule has 0 saturated carbocycles. The van der Waals surface area contributed by atoms with Gasteiger partial charge in [0.15, 0.2) is 0 Å². The van der Waals surface area contributed by atoms with Gasteiger partial charge in [-0.25, -0.2) is 12.4 Å². The maximum atomic E-state index is 12.6. The second-order valence-corrected chi connectivity index (χ2v) is 5.98. The largest absolute Gasteiger partial charge is 0.268 e. The molecule has 2 aromatic heterocycles. The van der Waals surface area contributed by atoms with Crippen molar-refractivity contribution in [2.75, 3.05) is 0 Å². The van der Waals surface area contributed by atoms with E-state index in [-0.39, 0.29) is 10.5 Å². The molecule has 6 heteroatoms. The molecule has 0 aliphatic rings. The molecule has 1 aromatic carbocycles. The molecule has 0 bridgehead atoms. The van der Waals surface area contributed by atoms with Gasteiger partial charge in [-0.15, -0.1) is 0 Å². The number of hydrogen-bond acceptors (Lipinski definition) is 4. The van der Waals surface area contributed by atoms with E-state index in [1.807, 2.05) is 6.07 Å². The van der Waals surface area contributed by atoms with Crippen molar-refractivity contribution in [2.24, 2.45) is 0 Å². The minimum atomic E-state index is -3.72. The van der Waals surface area contributed by atoms with Gasteiger partial charge in [0.1, 0.15) is 6.07 Å². The van der Waals surface area contributed by atoms with Crippen LogP contribution in [0.2, 0.25) is 0 Å². The van der Waals surface area contributed by atoms with Crippen LogP contribution in [0.15, 0.2) is 59.9 Å². The molecule has 98 valence electrons. The SMILES string of the molecule is N#Cc1cncc2ccn(S(=O)(=O)c3ccccc3)c12. The zero-order valence-electron chi connectivity index (χ0n) is 10.3. The van der Waals surface area contributed by atoms with Crippen molar-refractivity contribution in [1.29, 1.82) is 5.26 Å². The molecule has 0 spiro atoms. The predicted molar refractivity (Wildman–Crippen MR) is 73.5 cm³/mol. The number of rotatable bonds is 2. The van der Waals surface area contributed by atoms with Crippen LogP contribution in [0, 0.1) is 11.3 Å². The van der Waals surface area contributed by atoms with Gasteiger partial charge < -0.3 is 0 Å². The van der Waals surface area contributed by atoms with Gasteiger partial charge in [-0.2, -0.15) is 5.26 Å². The van der Waals surface area contributed by atoms with Crippen molar-refractivity contribution in [3.8, 4) is 6.07 Å². The van der Waals surface area contributed by atoms with Crippen molar-refractivity contribution in [2.45, 2.75) is 4.90 Å². The average molecular weight is 283 g/mol. The van der Waals surface area contributed by atoms with Crippen LogP contribution >= 0.6 is 0 Å². The molecule has 3 rings (SSSR count). The summed E-state index contributed by atoms with van der Waals surface area (Å²) >= 11 is 0. The second-order valence-electron chi connectivity index (χ2n) is 4.17. The van der Waals surface area contributed by atoms with E-state index in [2.05, 4.69) is 4.98 Å². The van der Waals surface area contributed by atoms with Gasteiger partial charge in [0.2, 0.25) is 0 Å². The third-order valence-electron chi connectivity index (χ3n) is 2.98. The van der Waals surface area contributed by atoms with Gasteiger partial charge in [-0.05, 0) is 18.2 Å². The van der Waals surface area contributed by atoms with Crippen LogP contribution in [0.5, 0.6) is 0 Å². The Kier molecular flexibility index (Phi) is 2.77. The summed E-state index contributed by atoms with van der Waals surface area (Å²) in [7, 11) is -3.72. The fourth-order valence-electron chi connectivity index (χ4n) is 2.05. The number of hydrogen-bond donors (Lipinski definition) is 0. The molecule has 0 amide bonds. The molecular formula is C14H9N3O2S. The summed E-state index contributed by atoms with van der Waals surface area (Å²) in [5, 5.41) is 9.73. The van der Waals surface area contributed by atoms with Crippen LogP contribution in [0.4, 0.5) is 0 Å². The lowest BCUT2D eigenvalue weighted by molar-refractivity contribution is 0.589. The molecule has 0 N–H and O–H groups in total. The van der Waals surface area contributed by atoms with E-state index in [0.717, 1.165) is 3.97 Å². The Morgan fingerprint density at radius 1 is 1.10 bits per heavy atom. The number of aromatic nitrogens is 2. The van der Waals surface area contributed by atoms with Crippen molar-refractivity contribution < 1.29 is 8.42 Å². The zero-order valence-corrected chi connectivity index (χ0v) is 11.1. The normalized spacial score (nSPS) is 11.3. The number of nitriles is 1. The molecule has 0 fully saturated rings. The fourth-order valence-corrected chi connectivity index (χ4v) is 3.44. The summed E-state index contributed by atoms with van der Waals surface area (Å²) in [6.07, 6.45) is 4.34. The molecule has 5 nitrogen and oxygen atoms in total. The van der Waals surface area contributed by atoms with Gasteiger partial charge in [-0.3, -0.25) is 4.98 Å². The summed E-state index contributed by atoms with van der Waals surface area (Å²) in [5.41, 5.74) is 0.582. The number of pyridine rings is 1. The molecule has 0 aliphatic heterocycles. The van der Waals surface area contributed by atoms with Crippen LogP contribution in [-0.4, -0.2) is 17.4 Å². The lowest BCUT2D eigenvalue weighted by atomic mass is 10.2. The molecule has 0 unspecified atom stereocenters.